The summed E-state index contributed by atoms with van der Waals surface area (Å²) in [7, 11) is 0. The number of hydrogen-bond acceptors (Lipinski definition) is 3. The molecule has 1 atom stereocenters. The molecule has 1 fully saturated rings. The molecule has 0 unspecified atom stereocenters. The van der Waals surface area contributed by atoms with Gasteiger partial charge in [-0.05, 0) is 17.7 Å². The van der Waals surface area contributed by atoms with E-state index in [2.05, 4.69) is 11.0 Å². The summed E-state index contributed by atoms with van der Waals surface area (Å²) in [4.78, 5) is 2.05. The zero-order valence-electron chi connectivity index (χ0n) is 8.90. The average molecular weight is 220 g/mol. The van der Waals surface area contributed by atoms with Gasteiger partial charge in [-0.15, -0.1) is 0 Å². The fourth-order valence-electron chi connectivity index (χ4n) is 1.85. The summed E-state index contributed by atoms with van der Waals surface area (Å²) >= 11 is 0. The van der Waals surface area contributed by atoms with Gasteiger partial charge in [0.2, 0.25) is 0 Å². The van der Waals surface area contributed by atoms with Gasteiger partial charge in [0.05, 0.1) is 19.3 Å². The quantitative estimate of drug-likeness (QED) is 0.761. The minimum Gasteiger partial charge on any atom is -0.379 e. The van der Waals surface area contributed by atoms with E-state index >= 15 is 0 Å². The molecule has 0 amide bonds. The smallest absolute Gasteiger partial charge is 0.124 e. The molecule has 0 aromatic heterocycles. The van der Waals surface area contributed by atoms with Gasteiger partial charge in [-0.2, -0.15) is 5.26 Å². The van der Waals surface area contributed by atoms with Crippen LogP contribution in [0.4, 0.5) is 4.39 Å². The van der Waals surface area contributed by atoms with Crippen LogP contribution in [0.25, 0.3) is 0 Å². The Balaban J connectivity index is 2.15. The van der Waals surface area contributed by atoms with Crippen molar-refractivity contribution in [2.75, 3.05) is 26.3 Å². The summed E-state index contributed by atoms with van der Waals surface area (Å²) in [5.74, 6) is -0.276. The molecule has 1 aromatic carbocycles. The zero-order valence-corrected chi connectivity index (χ0v) is 8.90. The van der Waals surface area contributed by atoms with Crippen molar-refractivity contribution in [2.24, 2.45) is 0 Å². The molecule has 4 heteroatoms. The number of nitriles is 1. The molecule has 1 aliphatic rings. The number of ether oxygens (including phenoxy) is 1. The third-order valence-electron chi connectivity index (χ3n) is 2.72. The summed E-state index contributed by atoms with van der Waals surface area (Å²) in [6.45, 7) is 2.80. The highest BCUT2D eigenvalue weighted by Crippen LogP contribution is 2.21. The SMILES string of the molecule is N#C[C@@H](c1ccc(F)cc1)N1CCOCC1. The van der Waals surface area contributed by atoms with E-state index in [4.69, 9.17) is 4.74 Å². The van der Waals surface area contributed by atoms with Gasteiger partial charge in [0, 0.05) is 13.1 Å². The summed E-state index contributed by atoms with van der Waals surface area (Å²) in [5, 5.41) is 9.17. The second kappa shape index (κ2) is 5.06. The number of nitrogens with zero attached hydrogens (tertiary/aromatic N) is 2. The molecule has 2 rings (SSSR count). The highest BCUT2D eigenvalue weighted by atomic mass is 19.1. The Labute approximate surface area is 94.0 Å². The van der Waals surface area contributed by atoms with E-state index < -0.39 is 0 Å². The lowest BCUT2D eigenvalue weighted by Gasteiger charge is -2.30. The zero-order chi connectivity index (χ0) is 11.4. The third kappa shape index (κ3) is 2.38. The van der Waals surface area contributed by atoms with Crippen LogP contribution in [0.2, 0.25) is 0 Å². The lowest BCUT2D eigenvalue weighted by Crippen LogP contribution is -2.38. The monoisotopic (exact) mass is 220 g/mol. The molecule has 0 radical (unpaired) electrons. The number of morpholine rings is 1. The molecule has 0 spiro atoms. The van der Waals surface area contributed by atoms with Crippen LogP contribution < -0.4 is 0 Å². The summed E-state index contributed by atoms with van der Waals surface area (Å²) in [6, 6.07) is 8.06. The van der Waals surface area contributed by atoms with Crippen LogP contribution in [0.3, 0.4) is 0 Å². The Hall–Kier alpha value is -1.44. The minimum atomic E-state index is -0.301. The van der Waals surface area contributed by atoms with Crippen molar-refractivity contribution in [3.63, 3.8) is 0 Å². The first kappa shape index (κ1) is 11.1. The third-order valence-corrected chi connectivity index (χ3v) is 2.72. The Morgan fingerprint density at radius 3 is 2.44 bits per heavy atom. The molecule has 1 aliphatic heterocycles. The van der Waals surface area contributed by atoms with Crippen molar-refractivity contribution in [1.29, 1.82) is 5.26 Å². The summed E-state index contributed by atoms with van der Waals surface area (Å²) in [5.41, 5.74) is 0.839. The van der Waals surface area contributed by atoms with Crippen molar-refractivity contribution in [3.05, 3.63) is 35.6 Å². The van der Waals surface area contributed by atoms with Gasteiger partial charge in [0.1, 0.15) is 11.9 Å². The molecule has 0 aliphatic carbocycles. The van der Waals surface area contributed by atoms with Gasteiger partial charge in [0.15, 0.2) is 0 Å². The summed E-state index contributed by atoms with van der Waals surface area (Å²) < 4.78 is 18.0. The van der Waals surface area contributed by atoms with Gasteiger partial charge in [-0.25, -0.2) is 4.39 Å². The van der Waals surface area contributed by atoms with E-state index in [0.29, 0.717) is 13.2 Å². The number of halogens is 1. The summed E-state index contributed by atoms with van der Waals surface area (Å²) in [6.07, 6.45) is 0. The molecule has 0 N–H and O–H groups in total. The largest absolute Gasteiger partial charge is 0.379 e. The molecule has 1 aromatic rings. The van der Waals surface area contributed by atoms with Crippen molar-refractivity contribution >= 4 is 0 Å². The number of hydrogen-bond donors (Lipinski definition) is 0. The van der Waals surface area contributed by atoms with Gasteiger partial charge in [0.25, 0.3) is 0 Å². The molecular formula is C12H13FN2O. The van der Waals surface area contributed by atoms with Crippen molar-refractivity contribution < 1.29 is 9.13 Å². The minimum absolute atomic E-state index is 0.276. The van der Waals surface area contributed by atoms with Crippen LogP contribution in [-0.4, -0.2) is 31.2 Å². The standard InChI is InChI=1S/C12H13FN2O/c13-11-3-1-10(2-4-11)12(9-14)15-5-7-16-8-6-15/h1-4,12H,5-8H2/t12-/m0/s1. The van der Waals surface area contributed by atoms with Crippen LogP contribution in [0, 0.1) is 17.1 Å². The van der Waals surface area contributed by atoms with Crippen molar-refractivity contribution in [3.8, 4) is 6.07 Å². The Morgan fingerprint density at radius 2 is 1.88 bits per heavy atom. The first-order chi connectivity index (χ1) is 7.81. The van der Waals surface area contributed by atoms with E-state index in [9.17, 15) is 9.65 Å². The maximum Gasteiger partial charge on any atom is 0.124 e. The van der Waals surface area contributed by atoms with Gasteiger partial charge in [-0.3, -0.25) is 4.90 Å². The fraction of sp³-hybridized carbons (Fsp3) is 0.417. The van der Waals surface area contributed by atoms with E-state index in [1.54, 1.807) is 12.1 Å². The maximum atomic E-state index is 12.8. The first-order valence-electron chi connectivity index (χ1n) is 5.28. The second-order valence-electron chi connectivity index (χ2n) is 3.73. The first-order valence-corrected chi connectivity index (χ1v) is 5.28. The number of benzene rings is 1. The molecule has 1 heterocycles. The van der Waals surface area contributed by atoms with E-state index in [1.807, 2.05) is 0 Å². The van der Waals surface area contributed by atoms with Crippen LogP contribution in [0.5, 0.6) is 0 Å². The fourth-order valence-corrected chi connectivity index (χ4v) is 1.85. The molecule has 1 saturated heterocycles. The van der Waals surface area contributed by atoms with Crippen LogP contribution in [0.15, 0.2) is 24.3 Å². The van der Waals surface area contributed by atoms with Crippen LogP contribution >= 0.6 is 0 Å². The molecule has 84 valence electrons. The van der Waals surface area contributed by atoms with Gasteiger partial charge in [-0.1, -0.05) is 12.1 Å². The van der Waals surface area contributed by atoms with Crippen LogP contribution in [0.1, 0.15) is 11.6 Å². The number of rotatable bonds is 2. The average Bonchev–Trinajstić information content (AvgIpc) is 2.34. The Bertz CT molecular complexity index is 379. The van der Waals surface area contributed by atoms with Crippen molar-refractivity contribution in [1.82, 2.24) is 4.90 Å². The van der Waals surface area contributed by atoms with E-state index in [1.165, 1.54) is 12.1 Å². The van der Waals surface area contributed by atoms with E-state index in [0.717, 1.165) is 18.7 Å². The van der Waals surface area contributed by atoms with Crippen molar-refractivity contribution in [2.45, 2.75) is 6.04 Å². The molecule has 16 heavy (non-hydrogen) atoms. The predicted molar refractivity (Wildman–Crippen MR) is 57.1 cm³/mol. The van der Waals surface area contributed by atoms with E-state index in [-0.39, 0.29) is 11.9 Å². The molecular weight excluding hydrogens is 207 g/mol. The Kier molecular flexibility index (Phi) is 3.50. The van der Waals surface area contributed by atoms with Gasteiger partial charge >= 0.3 is 0 Å². The maximum absolute atomic E-state index is 12.8. The molecule has 3 nitrogen and oxygen atoms in total. The normalized spacial score (nSPS) is 19.0. The van der Waals surface area contributed by atoms with Gasteiger partial charge < -0.3 is 4.74 Å². The van der Waals surface area contributed by atoms with Crippen LogP contribution in [-0.2, 0) is 4.74 Å². The predicted octanol–water partition coefficient (Wildman–Crippen LogP) is 1.72. The topological polar surface area (TPSA) is 36.3 Å². The lowest BCUT2D eigenvalue weighted by atomic mass is 10.1. The highest BCUT2D eigenvalue weighted by molar-refractivity contribution is 5.24. The Morgan fingerprint density at radius 1 is 1.25 bits per heavy atom. The lowest BCUT2D eigenvalue weighted by molar-refractivity contribution is 0.0266. The second-order valence-corrected chi connectivity index (χ2v) is 3.73. The molecule has 0 saturated carbocycles. The molecule has 0 bridgehead atoms. The highest BCUT2D eigenvalue weighted by Gasteiger charge is 2.21.